The van der Waals surface area contributed by atoms with E-state index in [9.17, 15) is 14.4 Å². The van der Waals surface area contributed by atoms with E-state index in [2.05, 4.69) is 6.58 Å². The molecule has 1 aromatic carbocycles. The number of ether oxygens (including phenoxy) is 3. The lowest BCUT2D eigenvalue weighted by Gasteiger charge is -2.20. The first-order valence-electron chi connectivity index (χ1n) is 9.95. The van der Waals surface area contributed by atoms with Crippen LogP contribution in [0, 0.1) is 11.8 Å². The van der Waals surface area contributed by atoms with Gasteiger partial charge in [-0.2, -0.15) is 0 Å². The van der Waals surface area contributed by atoms with Crippen molar-refractivity contribution in [1.29, 1.82) is 0 Å². The van der Waals surface area contributed by atoms with Gasteiger partial charge in [0.25, 0.3) is 0 Å². The fourth-order valence-corrected chi connectivity index (χ4v) is 3.14. The van der Waals surface area contributed by atoms with E-state index in [0.717, 1.165) is 5.56 Å². The Morgan fingerprint density at radius 2 is 1.72 bits per heavy atom. The average Bonchev–Trinajstić information content (AvgIpc) is 2.97. The van der Waals surface area contributed by atoms with E-state index in [4.69, 9.17) is 14.2 Å². The summed E-state index contributed by atoms with van der Waals surface area (Å²) in [5.41, 5.74) is 1.59. The zero-order valence-electron chi connectivity index (χ0n) is 17.8. The van der Waals surface area contributed by atoms with Gasteiger partial charge in [0.15, 0.2) is 12.2 Å². The molecule has 3 atom stereocenters. The molecule has 6 heteroatoms. The number of carbonyl (C=O) groups is 3. The highest BCUT2D eigenvalue weighted by atomic mass is 16.6. The molecule has 0 aromatic heterocycles. The second kappa shape index (κ2) is 9.72. The van der Waals surface area contributed by atoms with Crippen LogP contribution in [0.15, 0.2) is 30.4 Å². The molecule has 29 heavy (non-hydrogen) atoms. The molecule has 1 heterocycles. The van der Waals surface area contributed by atoms with Crippen molar-refractivity contribution in [2.45, 2.75) is 65.8 Å². The molecule has 0 N–H and O–H groups in total. The highest BCUT2D eigenvalue weighted by Gasteiger charge is 2.39. The van der Waals surface area contributed by atoms with Crippen LogP contribution in [0.5, 0.6) is 5.75 Å². The van der Waals surface area contributed by atoms with E-state index in [-0.39, 0.29) is 35.8 Å². The van der Waals surface area contributed by atoms with Crippen molar-refractivity contribution in [3.05, 3.63) is 41.5 Å². The van der Waals surface area contributed by atoms with Gasteiger partial charge in [0.2, 0.25) is 0 Å². The van der Waals surface area contributed by atoms with E-state index in [1.54, 1.807) is 25.1 Å². The number of hydrogen-bond acceptors (Lipinski definition) is 6. The summed E-state index contributed by atoms with van der Waals surface area (Å²) in [5.74, 6) is 0.236. The van der Waals surface area contributed by atoms with Crippen LogP contribution >= 0.6 is 0 Å². The summed E-state index contributed by atoms with van der Waals surface area (Å²) in [4.78, 5) is 35.5. The van der Waals surface area contributed by atoms with Gasteiger partial charge in [-0.3, -0.25) is 14.4 Å². The van der Waals surface area contributed by atoms with Crippen LogP contribution in [-0.2, 0) is 23.9 Å². The van der Waals surface area contributed by atoms with Gasteiger partial charge in [0.05, 0.1) is 0 Å². The quantitative estimate of drug-likeness (QED) is 0.344. The van der Waals surface area contributed by atoms with Crippen molar-refractivity contribution < 1.29 is 28.6 Å². The first-order valence-corrected chi connectivity index (χ1v) is 9.95. The van der Waals surface area contributed by atoms with Gasteiger partial charge in [0, 0.05) is 24.0 Å². The van der Waals surface area contributed by atoms with Crippen LogP contribution in [-0.4, -0.2) is 24.3 Å². The van der Waals surface area contributed by atoms with E-state index < -0.39 is 18.3 Å². The Kier molecular flexibility index (Phi) is 7.59. The number of carbonyl (C=O) groups excluding carboxylic acids is 3. The minimum atomic E-state index is -0.771. The summed E-state index contributed by atoms with van der Waals surface area (Å²) >= 11 is 0. The molecule has 1 aromatic rings. The molecule has 0 aliphatic carbocycles. The van der Waals surface area contributed by atoms with Gasteiger partial charge in [0.1, 0.15) is 18.1 Å². The summed E-state index contributed by atoms with van der Waals surface area (Å²) < 4.78 is 17.0. The lowest BCUT2D eigenvalue weighted by atomic mass is 9.98. The maximum Gasteiger partial charge on any atom is 0.306 e. The minimum absolute atomic E-state index is 0.142. The van der Waals surface area contributed by atoms with Gasteiger partial charge in [-0.05, 0) is 36.5 Å². The van der Waals surface area contributed by atoms with Gasteiger partial charge < -0.3 is 14.2 Å². The summed E-state index contributed by atoms with van der Waals surface area (Å²) in [6.07, 6.45) is -0.798. The fourth-order valence-electron chi connectivity index (χ4n) is 3.14. The number of rotatable bonds is 9. The number of aldehydes is 1. The molecular weight excluding hydrogens is 372 g/mol. The molecule has 6 nitrogen and oxygen atoms in total. The van der Waals surface area contributed by atoms with Crippen molar-refractivity contribution >= 4 is 18.2 Å². The van der Waals surface area contributed by atoms with Crippen molar-refractivity contribution in [2.24, 2.45) is 11.8 Å². The number of benzene rings is 1. The van der Waals surface area contributed by atoms with Crippen molar-refractivity contribution in [3.8, 4) is 5.75 Å². The second-order valence-corrected chi connectivity index (χ2v) is 8.27. The molecule has 0 spiro atoms. The Morgan fingerprint density at radius 1 is 1.10 bits per heavy atom. The molecule has 0 amide bonds. The van der Waals surface area contributed by atoms with Crippen LogP contribution in [0.3, 0.4) is 0 Å². The molecule has 0 radical (unpaired) electrons. The Hall–Kier alpha value is -2.63. The third-order valence-corrected chi connectivity index (χ3v) is 4.57. The highest BCUT2D eigenvalue weighted by Crippen LogP contribution is 2.42. The maximum atomic E-state index is 12.3. The van der Waals surface area contributed by atoms with Crippen molar-refractivity contribution in [1.82, 2.24) is 0 Å². The Morgan fingerprint density at radius 3 is 2.31 bits per heavy atom. The number of hydrogen-bond donors (Lipinski definition) is 0. The third kappa shape index (κ3) is 5.92. The molecule has 158 valence electrons. The first kappa shape index (κ1) is 22.7. The predicted molar refractivity (Wildman–Crippen MR) is 108 cm³/mol. The van der Waals surface area contributed by atoms with Gasteiger partial charge in [-0.15, -0.1) is 0 Å². The van der Waals surface area contributed by atoms with Crippen molar-refractivity contribution in [3.63, 3.8) is 0 Å². The molecule has 0 fully saturated rings. The highest BCUT2D eigenvalue weighted by molar-refractivity contribution is 5.76. The fraction of sp³-hybridized carbons (Fsp3) is 0.522. The normalized spacial score (nSPS) is 18.7. The van der Waals surface area contributed by atoms with Crippen molar-refractivity contribution in [2.75, 3.05) is 0 Å². The minimum Gasteiger partial charge on any atom is -0.481 e. The second-order valence-electron chi connectivity index (χ2n) is 8.27. The molecule has 1 aliphatic rings. The van der Waals surface area contributed by atoms with Crippen LogP contribution in [0.1, 0.15) is 70.8 Å². The largest absolute Gasteiger partial charge is 0.481 e. The maximum absolute atomic E-state index is 12.3. The smallest absolute Gasteiger partial charge is 0.306 e. The van der Waals surface area contributed by atoms with Gasteiger partial charge >= 0.3 is 11.9 Å². The van der Waals surface area contributed by atoms with E-state index in [0.29, 0.717) is 24.0 Å². The molecule has 0 saturated heterocycles. The topological polar surface area (TPSA) is 78.9 Å². The molecule has 2 rings (SSSR count). The van der Waals surface area contributed by atoms with E-state index in [1.165, 1.54) is 0 Å². The number of esters is 2. The lowest BCUT2D eigenvalue weighted by Crippen LogP contribution is -2.26. The Balaban J connectivity index is 2.26. The zero-order chi connectivity index (χ0) is 21.7. The van der Waals surface area contributed by atoms with E-state index in [1.807, 2.05) is 27.7 Å². The summed E-state index contributed by atoms with van der Waals surface area (Å²) in [6, 6.07) is 5.33. The lowest BCUT2D eigenvalue weighted by molar-refractivity contribution is -0.153. The first-order chi connectivity index (χ1) is 13.6. The van der Waals surface area contributed by atoms with E-state index >= 15 is 0 Å². The average molecular weight is 402 g/mol. The summed E-state index contributed by atoms with van der Waals surface area (Å²) in [6.45, 7) is 13.3. The standard InChI is InChI=1S/C23H30O6/c1-13(2)9-20(25)27-16(6)17-7-8-19-18(11-17)23(22(28-19)15(5)12-24)29-21(26)10-14(3)4/h7-8,11-14,16,22-23H,5,9-10H2,1-4,6H3/t16-,22-,23-/m1/s1. The molecule has 0 bridgehead atoms. The number of fused-ring (bicyclic) bond motifs is 1. The molecular formula is C23H30O6. The third-order valence-electron chi connectivity index (χ3n) is 4.57. The zero-order valence-corrected chi connectivity index (χ0v) is 17.8. The van der Waals surface area contributed by atoms with Crippen LogP contribution in [0.2, 0.25) is 0 Å². The summed E-state index contributed by atoms with van der Waals surface area (Å²) in [7, 11) is 0. The predicted octanol–water partition coefficient (Wildman–Crippen LogP) is 4.48. The summed E-state index contributed by atoms with van der Waals surface area (Å²) in [5, 5.41) is 0. The SMILES string of the molecule is C=C(C=O)[C@H]1Oc2ccc([C@@H](C)OC(=O)CC(C)C)cc2[C@H]1OC(=O)CC(C)C. The van der Waals surface area contributed by atoms with Crippen LogP contribution < -0.4 is 4.74 Å². The molecule has 0 unspecified atom stereocenters. The molecule has 0 saturated carbocycles. The van der Waals surface area contributed by atoms with Crippen LogP contribution in [0.4, 0.5) is 0 Å². The Labute approximate surface area is 172 Å². The van der Waals surface area contributed by atoms with Crippen LogP contribution in [0.25, 0.3) is 0 Å². The van der Waals surface area contributed by atoms with Gasteiger partial charge in [-0.1, -0.05) is 40.3 Å². The Bertz CT molecular complexity index is 780. The van der Waals surface area contributed by atoms with Gasteiger partial charge in [-0.25, -0.2) is 0 Å². The molecule has 1 aliphatic heterocycles. The monoisotopic (exact) mass is 402 g/mol.